The van der Waals surface area contributed by atoms with Crippen LogP contribution in [0.4, 0.5) is 0 Å². The van der Waals surface area contributed by atoms with Crippen LogP contribution in [0.3, 0.4) is 0 Å². The quantitative estimate of drug-likeness (QED) is 0.682. The summed E-state index contributed by atoms with van der Waals surface area (Å²) in [4.78, 5) is 16.7. The zero-order valence-corrected chi connectivity index (χ0v) is 10.4. The molecule has 2 fully saturated rings. The van der Waals surface area contributed by atoms with E-state index in [1.54, 1.807) is 0 Å². The van der Waals surface area contributed by atoms with Crippen LogP contribution >= 0.6 is 0 Å². The number of nitrogens with one attached hydrogen (secondary N) is 1. The van der Waals surface area contributed by atoms with Gasteiger partial charge in [-0.1, -0.05) is 6.92 Å². The van der Waals surface area contributed by atoms with E-state index in [9.17, 15) is 4.79 Å². The number of hydrogen-bond acceptors (Lipinski definition) is 3. The molecule has 2 heterocycles. The van der Waals surface area contributed by atoms with Crippen molar-refractivity contribution in [3.8, 4) is 0 Å². The molecule has 2 aliphatic rings. The lowest BCUT2D eigenvalue weighted by atomic mass is 9.96. The molecule has 4 nitrogen and oxygen atoms in total. The SMILES string of the molecule is CC1CNCC1C(=O)N1CCCN(C)CC1. The van der Waals surface area contributed by atoms with E-state index in [-0.39, 0.29) is 5.92 Å². The number of rotatable bonds is 1. The van der Waals surface area contributed by atoms with Gasteiger partial charge in [-0.15, -0.1) is 0 Å². The van der Waals surface area contributed by atoms with Crippen molar-refractivity contribution in [2.45, 2.75) is 13.3 Å². The van der Waals surface area contributed by atoms with Crippen LogP contribution in [0.2, 0.25) is 0 Å². The maximum absolute atomic E-state index is 12.3. The Bertz CT molecular complexity index is 257. The van der Waals surface area contributed by atoms with E-state index in [1.165, 1.54) is 0 Å². The molecular formula is C12H23N3O. The zero-order chi connectivity index (χ0) is 11.5. The second kappa shape index (κ2) is 5.15. The Labute approximate surface area is 98.0 Å². The first-order valence-corrected chi connectivity index (χ1v) is 6.36. The summed E-state index contributed by atoms with van der Waals surface area (Å²) in [5, 5.41) is 3.31. The molecule has 0 aliphatic carbocycles. The smallest absolute Gasteiger partial charge is 0.227 e. The molecule has 92 valence electrons. The average molecular weight is 225 g/mol. The zero-order valence-electron chi connectivity index (χ0n) is 10.4. The van der Waals surface area contributed by atoms with E-state index >= 15 is 0 Å². The minimum Gasteiger partial charge on any atom is -0.341 e. The van der Waals surface area contributed by atoms with Crippen molar-refractivity contribution in [3.63, 3.8) is 0 Å². The Morgan fingerprint density at radius 2 is 2.00 bits per heavy atom. The highest BCUT2D eigenvalue weighted by Gasteiger charge is 2.32. The third-order valence-corrected chi connectivity index (χ3v) is 3.87. The number of carbonyl (C=O) groups excluding carboxylic acids is 1. The fourth-order valence-corrected chi connectivity index (χ4v) is 2.64. The van der Waals surface area contributed by atoms with Crippen LogP contribution < -0.4 is 5.32 Å². The molecule has 0 bridgehead atoms. The van der Waals surface area contributed by atoms with Gasteiger partial charge in [-0.25, -0.2) is 0 Å². The molecule has 0 saturated carbocycles. The van der Waals surface area contributed by atoms with Gasteiger partial charge in [-0.3, -0.25) is 4.79 Å². The summed E-state index contributed by atoms with van der Waals surface area (Å²) in [6.45, 7) is 8.00. The van der Waals surface area contributed by atoms with Crippen molar-refractivity contribution >= 4 is 5.91 Å². The Balaban J connectivity index is 1.93. The van der Waals surface area contributed by atoms with Crippen molar-refractivity contribution in [3.05, 3.63) is 0 Å². The number of nitrogens with zero attached hydrogens (tertiary/aromatic N) is 2. The van der Waals surface area contributed by atoms with Gasteiger partial charge in [-0.05, 0) is 32.5 Å². The van der Waals surface area contributed by atoms with E-state index in [0.717, 1.165) is 45.7 Å². The summed E-state index contributed by atoms with van der Waals surface area (Å²) in [7, 11) is 2.13. The number of hydrogen-bond donors (Lipinski definition) is 1. The predicted molar refractivity (Wildman–Crippen MR) is 64.2 cm³/mol. The maximum atomic E-state index is 12.3. The summed E-state index contributed by atoms with van der Waals surface area (Å²) in [6, 6.07) is 0. The van der Waals surface area contributed by atoms with Gasteiger partial charge in [0.1, 0.15) is 0 Å². The van der Waals surface area contributed by atoms with E-state index in [0.29, 0.717) is 11.8 Å². The van der Waals surface area contributed by atoms with Crippen LogP contribution in [0.15, 0.2) is 0 Å². The predicted octanol–water partition coefficient (Wildman–Crippen LogP) is 0.00600. The third kappa shape index (κ3) is 2.55. The Morgan fingerprint density at radius 3 is 2.69 bits per heavy atom. The molecule has 0 spiro atoms. The van der Waals surface area contributed by atoms with E-state index in [1.807, 2.05) is 0 Å². The van der Waals surface area contributed by atoms with Gasteiger partial charge in [0, 0.05) is 26.2 Å². The highest BCUT2D eigenvalue weighted by molar-refractivity contribution is 5.79. The summed E-state index contributed by atoms with van der Waals surface area (Å²) < 4.78 is 0. The van der Waals surface area contributed by atoms with E-state index < -0.39 is 0 Å². The minimum absolute atomic E-state index is 0.211. The van der Waals surface area contributed by atoms with Crippen LogP contribution in [0.25, 0.3) is 0 Å². The molecule has 0 radical (unpaired) electrons. The summed E-state index contributed by atoms with van der Waals surface area (Å²) in [5.74, 6) is 1.07. The van der Waals surface area contributed by atoms with Gasteiger partial charge < -0.3 is 15.1 Å². The highest BCUT2D eigenvalue weighted by Crippen LogP contribution is 2.19. The fourth-order valence-electron chi connectivity index (χ4n) is 2.64. The maximum Gasteiger partial charge on any atom is 0.227 e. The first-order chi connectivity index (χ1) is 7.68. The molecule has 1 amide bonds. The molecule has 2 rings (SSSR count). The largest absolute Gasteiger partial charge is 0.341 e. The number of carbonyl (C=O) groups is 1. The van der Waals surface area contributed by atoms with Crippen LogP contribution in [0.1, 0.15) is 13.3 Å². The Morgan fingerprint density at radius 1 is 1.19 bits per heavy atom. The second-order valence-corrected chi connectivity index (χ2v) is 5.22. The molecule has 0 aromatic heterocycles. The molecule has 2 saturated heterocycles. The summed E-state index contributed by atoms with van der Waals surface area (Å²) >= 11 is 0. The topological polar surface area (TPSA) is 35.6 Å². The monoisotopic (exact) mass is 225 g/mol. The molecular weight excluding hydrogens is 202 g/mol. The normalized spacial score (nSPS) is 32.8. The molecule has 4 heteroatoms. The van der Waals surface area contributed by atoms with E-state index in [4.69, 9.17) is 0 Å². The number of amides is 1. The van der Waals surface area contributed by atoms with Crippen LogP contribution in [0.5, 0.6) is 0 Å². The molecule has 1 N–H and O–H groups in total. The van der Waals surface area contributed by atoms with Gasteiger partial charge in [0.25, 0.3) is 0 Å². The van der Waals surface area contributed by atoms with Crippen molar-refractivity contribution in [1.82, 2.24) is 15.1 Å². The van der Waals surface area contributed by atoms with Gasteiger partial charge in [0.2, 0.25) is 5.91 Å². The highest BCUT2D eigenvalue weighted by atomic mass is 16.2. The number of likely N-dealkylation sites (N-methyl/N-ethyl adjacent to an activating group) is 1. The van der Waals surface area contributed by atoms with Gasteiger partial charge in [0.15, 0.2) is 0 Å². The average Bonchev–Trinajstić information content (AvgIpc) is 2.56. The van der Waals surface area contributed by atoms with Crippen LogP contribution in [-0.2, 0) is 4.79 Å². The molecule has 16 heavy (non-hydrogen) atoms. The van der Waals surface area contributed by atoms with E-state index in [2.05, 4.69) is 29.1 Å². The molecule has 2 unspecified atom stereocenters. The lowest BCUT2D eigenvalue weighted by molar-refractivity contribution is -0.135. The Hall–Kier alpha value is -0.610. The first kappa shape index (κ1) is 11.9. The molecule has 2 aliphatic heterocycles. The van der Waals surface area contributed by atoms with Gasteiger partial charge >= 0.3 is 0 Å². The summed E-state index contributed by atoms with van der Waals surface area (Å²) in [6.07, 6.45) is 1.11. The van der Waals surface area contributed by atoms with Crippen molar-refractivity contribution in [1.29, 1.82) is 0 Å². The second-order valence-electron chi connectivity index (χ2n) is 5.22. The van der Waals surface area contributed by atoms with Gasteiger partial charge in [0.05, 0.1) is 5.92 Å². The molecule has 0 aromatic rings. The lowest BCUT2D eigenvalue weighted by Gasteiger charge is -2.25. The lowest BCUT2D eigenvalue weighted by Crippen LogP contribution is -2.40. The van der Waals surface area contributed by atoms with Crippen molar-refractivity contribution in [2.24, 2.45) is 11.8 Å². The first-order valence-electron chi connectivity index (χ1n) is 6.36. The van der Waals surface area contributed by atoms with Crippen LogP contribution in [0, 0.1) is 11.8 Å². The van der Waals surface area contributed by atoms with Crippen molar-refractivity contribution in [2.75, 3.05) is 46.3 Å². The Kier molecular flexibility index (Phi) is 3.82. The van der Waals surface area contributed by atoms with Crippen LogP contribution in [-0.4, -0.2) is 62.0 Å². The minimum atomic E-state index is 0.211. The molecule has 2 atom stereocenters. The standard InChI is InChI=1S/C12H23N3O/c1-10-8-13-9-11(10)12(16)15-5-3-4-14(2)6-7-15/h10-11,13H,3-9H2,1-2H3. The van der Waals surface area contributed by atoms with Gasteiger partial charge in [-0.2, -0.15) is 0 Å². The van der Waals surface area contributed by atoms with Crippen molar-refractivity contribution < 1.29 is 4.79 Å². The third-order valence-electron chi connectivity index (χ3n) is 3.87. The molecule has 0 aromatic carbocycles. The fraction of sp³-hybridized carbons (Fsp3) is 0.917. The summed E-state index contributed by atoms with van der Waals surface area (Å²) in [5.41, 5.74) is 0.